The summed E-state index contributed by atoms with van der Waals surface area (Å²) < 4.78 is 0.865. The van der Waals surface area contributed by atoms with Gasteiger partial charge in [-0.1, -0.05) is 11.6 Å². The monoisotopic (exact) mass is 304 g/mol. The van der Waals surface area contributed by atoms with Crippen molar-refractivity contribution in [3.05, 3.63) is 27.7 Å². The second-order valence-corrected chi connectivity index (χ2v) is 4.86. The number of carbonyl (C=O) groups excluding carboxylic acids is 1. The van der Waals surface area contributed by atoms with Crippen LogP contribution in [0.1, 0.15) is 6.42 Å². The number of nitrogens with zero attached hydrogens (tertiary/aromatic N) is 1. The van der Waals surface area contributed by atoms with Crippen LogP contribution in [0.25, 0.3) is 0 Å². The average Bonchev–Trinajstić information content (AvgIpc) is 2.23. The Kier molecular flexibility index (Phi) is 5.09. The van der Waals surface area contributed by atoms with Gasteiger partial charge in [0.2, 0.25) is 5.91 Å². The van der Waals surface area contributed by atoms with Crippen molar-refractivity contribution in [1.82, 2.24) is 4.90 Å². The van der Waals surface area contributed by atoms with Gasteiger partial charge in [-0.15, -0.1) is 0 Å². The number of rotatable bonds is 4. The molecule has 16 heavy (non-hydrogen) atoms. The quantitative estimate of drug-likeness (QED) is 0.927. The smallest absolute Gasteiger partial charge is 0.223 e. The second-order valence-electron chi connectivity index (χ2n) is 3.59. The molecule has 0 aliphatic rings. The summed E-state index contributed by atoms with van der Waals surface area (Å²) in [4.78, 5) is 12.9. The van der Waals surface area contributed by atoms with Crippen molar-refractivity contribution in [2.45, 2.75) is 6.42 Å². The van der Waals surface area contributed by atoms with Gasteiger partial charge in [0.05, 0.1) is 5.02 Å². The first kappa shape index (κ1) is 13.3. The molecule has 5 heteroatoms. The molecule has 0 radical (unpaired) electrons. The number of hydrogen-bond donors (Lipinski definition) is 1. The molecular formula is C11H14BrClN2O. The van der Waals surface area contributed by atoms with Gasteiger partial charge in [-0.25, -0.2) is 0 Å². The second kappa shape index (κ2) is 6.11. The molecule has 0 saturated carbocycles. The molecule has 0 heterocycles. The zero-order valence-corrected chi connectivity index (χ0v) is 11.6. The van der Waals surface area contributed by atoms with Crippen LogP contribution < -0.4 is 5.32 Å². The molecule has 1 N–H and O–H groups in total. The van der Waals surface area contributed by atoms with Crippen LogP contribution in [0.5, 0.6) is 0 Å². The van der Waals surface area contributed by atoms with E-state index in [4.69, 9.17) is 11.6 Å². The van der Waals surface area contributed by atoms with Crippen LogP contribution in [-0.4, -0.2) is 31.4 Å². The van der Waals surface area contributed by atoms with Gasteiger partial charge in [0, 0.05) is 37.2 Å². The number of nitrogens with one attached hydrogen (secondary N) is 1. The van der Waals surface area contributed by atoms with E-state index in [0.29, 0.717) is 18.0 Å². The first-order valence-electron chi connectivity index (χ1n) is 4.90. The summed E-state index contributed by atoms with van der Waals surface area (Å²) >= 11 is 9.26. The van der Waals surface area contributed by atoms with E-state index in [1.807, 2.05) is 18.2 Å². The Hall–Kier alpha value is -0.740. The van der Waals surface area contributed by atoms with E-state index < -0.39 is 0 Å². The number of hydrogen-bond acceptors (Lipinski definition) is 2. The number of benzene rings is 1. The molecule has 0 aromatic heterocycles. The zero-order valence-electron chi connectivity index (χ0n) is 9.26. The van der Waals surface area contributed by atoms with Crippen LogP contribution in [0.15, 0.2) is 22.7 Å². The van der Waals surface area contributed by atoms with Gasteiger partial charge < -0.3 is 10.2 Å². The zero-order chi connectivity index (χ0) is 12.1. The maximum absolute atomic E-state index is 11.3. The Morgan fingerprint density at radius 1 is 1.50 bits per heavy atom. The molecule has 0 atom stereocenters. The van der Waals surface area contributed by atoms with Gasteiger partial charge in [0.1, 0.15) is 0 Å². The highest BCUT2D eigenvalue weighted by Gasteiger charge is 2.03. The van der Waals surface area contributed by atoms with Gasteiger partial charge in [-0.05, 0) is 34.1 Å². The van der Waals surface area contributed by atoms with Gasteiger partial charge >= 0.3 is 0 Å². The van der Waals surface area contributed by atoms with E-state index in [1.54, 1.807) is 19.0 Å². The van der Waals surface area contributed by atoms with Crippen molar-refractivity contribution in [1.29, 1.82) is 0 Å². The van der Waals surface area contributed by atoms with E-state index in [1.165, 1.54) is 0 Å². The number of amides is 1. The predicted octanol–water partition coefficient (Wildman–Crippen LogP) is 2.99. The van der Waals surface area contributed by atoms with Crippen LogP contribution in [-0.2, 0) is 4.79 Å². The Morgan fingerprint density at radius 2 is 2.19 bits per heavy atom. The van der Waals surface area contributed by atoms with Crippen molar-refractivity contribution in [2.24, 2.45) is 0 Å². The summed E-state index contributed by atoms with van der Waals surface area (Å²) in [6.45, 7) is 0.606. The van der Waals surface area contributed by atoms with Crippen molar-refractivity contribution in [2.75, 3.05) is 26.0 Å². The fraction of sp³-hybridized carbons (Fsp3) is 0.364. The average molecular weight is 306 g/mol. The fourth-order valence-corrected chi connectivity index (χ4v) is 1.57. The Labute approximate surface area is 109 Å². The molecule has 3 nitrogen and oxygen atoms in total. The maximum atomic E-state index is 11.3. The minimum Gasteiger partial charge on any atom is -0.384 e. The van der Waals surface area contributed by atoms with Crippen LogP contribution in [0.3, 0.4) is 0 Å². The molecule has 0 aliphatic carbocycles. The Morgan fingerprint density at radius 3 is 2.75 bits per heavy atom. The molecule has 88 valence electrons. The number of halogens is 2. The first-order chi connectivity index (χ1) is 7.50. The van der Waals surface area contributed by atoms with E-state index in [2.05, 4.69) is 21.2 Å². The molecule has 0 saturated heterocycles. The molecule has 1 rings (SSSR count). The number of anilines is 1. The predicted molar refractivity (Wildman–Crippen MR) is 71.0 cm³/mol. The lowest BCUT2D eigenvalue weighted by molar-refractivity contribution is -0.128. The largest absolute Gasteiger partial charge is 0.384 e. The summed E-state index contributed by atoms with van der Waals surface area (Å²) in [5.41, 5.74) is 0.916. The minimum atomic E-state index is 0.107. The van der Waals surface area contributed by atoms with Crippen molar-refractivity contribution >= 4 is 39.1 Å². The Balaban J connectivity index is 2.43. The standard InChI is InChI=1S/C11H14BrClN2O/c1-15(2)11(16)5-6-14-8-3-4-9(12)10(13)7-8/h3-4,7,14H,5-6H2,1-2H3. The van der Waals surface area contributed by atoms with Crippen LogP contribution in [0.4, 0.5) is 5.69 Å². The third kappa shape index (κ3) is 4.02. The Bertz CT molecular complexity index is 382. The highest BCUT2D eigenvalue weighted by molar-refractivity contribution is 9.10. The lowest BCUT2D eigenvalue weighted by atomic mass is 10.3. The number of carbonyl (C=O) groups is 1. The molecular weight excluding hydrogens is 291 g/mol. The summed E-state index contributed by atoms with van der Waals surface area (Å²) in [6.07, 6.45) is 0.473. The maximum Gasteiger partial charge on any atom is 0.223 e. The highest BCUT2D eigenvalue weighted by Crippen LogP contribution is 2.25. The van der Waals surface area contributed by atoms with Gasteiger partial charge in [-0.3, -0.25) is 4.79 Å². The minimum absolute atomic E-state index is 0.107. The third-order valence-corrected chi connectivity index (χ3v) is 3.32. The molecule has 0 bridgehead atoms. The van der Waals surface area contributed by atoms with E-state index in [9.17, 15) is 4.79 Å². The molecule has 1 aromatic carbocycles. The third-order valence-electron chi connectivity index (χ3n) is 2.09. The lowest BCUT2D eigenvalue weighted by Gasteiger charge is -2.11. The summed E-state index contributed by atoms with van der Waals surface area (Å²) in [5, 5.41) is 3.80. The van der Waals surface area contributed by atoms with Crippen LogP contribution >= 0.6 is 27.5 Å². The van der Waals surface area contributed by atoms with Crippen LogP contribution in [0, 0.1) is 0 Å². The molecule has 1 amide bonds. The van der Waals surface area contributed by atoms with E-state index in [-0.39, 0.29) is 5.91 Å². The summed E-state index contributed by atoms with van der Waals surface area (Å²) in [6, 6.07) is 5.61. The van der Waals surface area contributed by atoms with Crippen molar-refractivity contribution in [3.8, 4) is 0 Å². The fourth-order valence-electron chi connectivity index (χ4n) is 1.14. The first-order valence-corrected chi connectivity index (χ1v) is 6.07. The summed E-state index contributed by atoms with van der Waals surface area (Å²) in [7, 11) is 3.50. The summed E-state index contributed by atoms with van der Waals surface area (Å²) in [5.74, 6) is 0.107. The normalized spacial score (nSPS) is 10.0. The van der Waals surface area contributed by atoms with E-state index >= 15 is 0 Å². The topological polar surface area (TPSA) is 32.3 Å². The molecule has 0 spiro atoms. The van der Waals surface area contributed by atoms with Gasteiger partial charge in [0.15, 0.2) is 0 Å². The molecule has 0 unspecified atom stereocenters. The molecule has 0 aliphatic heterocycles. The van der Waals surface area contributed by atoms with Gasteiger partial charge in [-0.2, -0.15) is 0 Å². The highest BCUT2D eigenvalue weighted by atomic mass is 79.9. The van der Waals surface area contributed by atoms with Gasteiger partial charge in [0.25, 0.3) is 0 Å². The van der Waals surface area contributed by atoms with E-state index in [0.717, 1.165) is 10.2 Å². The SMILES string of the molecule is CN(C)C(=O)CCNc1ccc(Br)c(Cl)c1. The lowest BCUT2D eigenvalue weighted by Crippen LogP contribution is -2.23. The molecule has 1 aromatic rings. The van der Waals surface area contributed by atoms with Crippen molar-refractivity contribution < 1.29 is 4.79 Å². The molecule has 0 fully saturated rings. The van der Waals surface area contributed by atoms with Crippen molar-refractivity contribution in [3.63, 3.8) is 0 Å². The van der Waals surface area contributed by atoms with Crippen LogP contribution in [0.2, 0.25) is 5.02 Å².